The second-order valence-corrected chi connectivity index (χ2v) is 21.3. The first-order valence-electron chi connectivity index (χ1n) is 22.0. The van der Waals surface area contributed by atoms with E-state index < -0.39 is 0 Å². The summed E-state index contributed by atoms with van der Waals surface area (Å²) in [5.74, 6) is 0. The van der Waals surface area contributed by atoms with Gasteiger partial charge in [0.1, 0.15) is 0 Å². The average Bonchev–Trinajstić information content (AvgIpc) is 4.14. The molecule has 0 aliphatic carbocycles. The molecule has 0 atom stereocenters. The molecule has 65 heavy (non-hydrogen) atoms. The molecule has 2 nitrogen and oxygen atoms in total. The van der Waals surface area contributed by atoms with Gasteiger partial charge in [0.25, 0.3) is 6.71 Å². The van der Waals surface area contributed by atoms with Crippen molar-refractivity contribution in [2.75, 3.05) is 9.80 Å². The fraction of sp³-hybridized carbons (Fsp3) is 0. The maximum Gasteiger partial charge on any atom is 0.266 e. The lowest BCUT2D eigenvalue weighted by molar-refractivity contribution is 1.29. The van der Waals surface area contributed by atoms with E-state index in [-0.39, 0.29) is 6.71 Å². The highest BCUT2D eigenvalue weighted by Crippen LogP contribution is 2.55. The van der Waals surface area contributed by atoms with Crippen molar-refractivity contribution in [3.05, 3.63) is 200 Å². The summed E-state index contributed by atoms with van der Waals surface area (Å²) in [6.07, 6.45) is 0. The summed E-state index contributed by atoms with van der Waals surface area (Å²) in [4.78, 5) is 5.30. The smallest absolute Gasteiger partial charge is 0.266 e. The molecule has 6 heterocycles. The first kappa shape index (κ1) is 36.4. The molecule has 13 aromatic rings. The molecule has 0 fully saturated rings. The van der Waals surface area contributed by atoms with Gasteiger partial charge in [-0.05, 0) is 76.0 Å². The molecule has 4 aromatic heterocycles. The van der Waals surface area contributed by atoms with Crippen molar-refractivity contribution < 1.29 is 0 Å². The van der Waals surface area contributed by atoms with Crippen LogP contribution in [0.4, 0.5) is 33.4 Å². The van der Waals surface area contributed by atoms with E-state index >= 15 is 0 Å². The molecule has 0 bridgehead atoms. The first-order chi connectivity index (χ1) is 32.3. The zero-order valence-corrected chi connectivity index (χ0v) is 37.9. The second-order valence-electron chi connectivity index (χ2n) is 17.0. The fourth-order valence-electron chi connectivity index (χ4n) is 11.0. The van der Waals surface area contributed by atoms with Gasteiger partial charge in [0.15, 0.2) is 0 Å². The van der Waals surface area contributed by atoms with Gasteiger partial charge in [-0.1, -0.05) is 152 Å². The Morgan fingerprint density at radius 2 is 0.769 bits per heavy atom. The standard InChI is InChI=1S/C58H33BN2S4/c1-3-16-34(17-4-1)50-42(32-30-38-36-20-7-11-26-46(36)62-55(38)50)60-44-24-15-25-45-53(44)59(57-54(60)41-23-10-14-29-49(41)64-57)52-40-22-9-13-28-48(40)65-58(52)61(45)43-33-31-39-37-21-8-12-27-47(37)63-56(39)51(43)35-18-5-2-6-19-35/h1-33H. The van der Waals surface area contributed by atoms with Crippen molar-refractivity contribution in [3.8, 4) is 22.3 Å². The van der Waals surface area contributed by atoms with Gasteiger partial charge in [-0.2, -0.15) is 0 Å². The Bertz CT molecular complexity index is 4100. The zero-order valence-electron chi connectivity index (χ0n) is 34.7. The molecule has 2 aliphatic rings. The van der Waals surface area contributed by atoms with Crippen LogP contribution in [-0.4, -0.2) is 6.71 Å². The van der Waals surface area contributed by atoms with Crippen molar-refractivity contribution in [2.45, 2.75) is 0 Å². The molecule has 0 N–H and O–H groups in total. The van der Waals surface area contributed by atoms with Crippen molar-refractivity contribution >= 4 is 162 Å². The molecule has 0 saturated heterocycles. The molecule has 2 aliphatic heterocycles. The van der Waals surface area contributed by atoms with E-state index in [0.717, 1.165) is 0 Å². The Hall–Kier alpha value is -7.00. The summed E-state index contributed by atoms with van der Waals surface area (Å²) >= 11 is 7.73. The predicted octanol–water partition coefficient (Wildman–Crippen LogP) is 16.3. The van der Waals surface area contributed by atoms with E-state index in [1.165, 1.54) is 132 Å². The Labute approximate surface area is 391 Å². The van der Waals surface area contributed by atoms with Gasteiger partial charge in [-0.25, -0.2) is 0 Å². The molecule has 0 saturated carbocycles. The van der Waals surface area contributed by atoms with Gasteiger partial charge >= 0.3 is 0 Å². The van der Waals surface area contributed by atoms with Crippen LogP contribution in [0.15, 0.2) is 200 Å². The van der Waals surface area contributed by atoms with Crippen LogP contribution in [0.25, 0.3) is 82.8 Å². The molecule has 15 rings (SSSR count). The zero-order chi connectivity index (χ0) is 42.3. The lowest BCUT2D eigenvalue weighted by atomic mass is 9.36. The molecular formula is C58H33BN2S4. The minimum atomic E-state index is 0.0358. The van der Waals surface area contributed by atoms with E-state index in [1.807, 2.05) is 45.3 Å². The van der Waals surface area contributed by atoms with Crippen molar-refractivity contribution in [1.29, 1.82) is 0 Å². The largest absolute Gasteiger partial charge is 0.309 e. The SMILES string of the molecule is c1ccc(-c2c(N3c4cccc5c4B(c4sc6ccccc6c4N5c4ccc5c(sc6ccccc65)c4-c4ccccc4)c4c3sc3ccccc43)ccc3c2sc2ccccc23)cc1. The summed E-state index contributed by atoms with van der Waals surface area (Å²) in [6, 6.07) is 74.9. The van der Waals surface area contributed by atoms with Gasteiger partial charge in [-0.15, -0.1) is 45.3 Å². The van der Waals surface area contributed by atoms with E-state index in [0.29, 0.717) is 0 Å². The summed E-state index contributed by atoms with van der Waals surface area (Å²) < 4.78 is 9.29. The van der Waals surface area contributed by atoms with Crippen LogP contribution in [0.3, 0.4) is 0 Å². The number of nitrogens with zero attached hydrogens (tertiary/aromatic N) is 2. The maximum atomic E-state index is 2.65. The lowest BCUT2D eigenvalue weighted by Crippen LogP contribution is -2.60. The number of anilines is 6. The summed E-state index contributed by atoms with van der Waals surface area (Å²) in [5.41, 5.74) is 13.9. The van der Waals surface area contributed by atoms with Crippen LogP contribution in [0, 0.1) is 0 Å². The normalized spacial score (nSPS) is 13.1. The summed E-state index contributed by atoms with van der Waals surface area (Å²) in [7, 11) is 0. The highest BCUT2D eigenvalue weighted by atomic mass is 32.1. The number of benzene rings is 9. The van der Waals surface area contributed by atoms with Crippen molar-refractivity contribution in [3.63, 3.8) is 0 Å². The van der Waals surface area contributed by atoms with Crippen LogP contribution < -0.4 is 25.5 Å². The second kappa shape index (κ2) is 13.8. The summed E-state index contributed by atoms with van der Waals surface area (Å²) in [6.45, 7) is 0.0358. The Morgan fingerprint density at radius 3 is 1.35 bits per heavy atom. The van der Waals surface area contributed by atoms with Gasteiger partial charge in [0, 0.05) is 82.4 Å². The van der Waals surface area contributed by atoms with E-state index in [9.17, 15) is 0 Å². The Morgan fingerprint density at radius 1 is 0.308 bits per heavy atom. The van der Waals surface area contributed by atoms with Crippen LogP contribution in [-0.2, 0) is 0 Å². The van der Waals surface area contributed by atoms with Gasteiger partial charge in [0.05, 0.1) is 22.1 Å². The number of hydrogen-bond acceptors (Lipinski definition) is 6. The molecule has 0 radical (unpaired) electrons. The Kier molecular flexibility index (Phi) is 7.69. The molecule has 302 valence electrons. The number of fused-ring (bicyclic) bond motifs is 14. The molecular weight excluding hydrogens is 864 g/mol. The quantitative estimate of drug-likeness (QED) is 0.162. The van der Waals surface area contributed by atoms with Crippen LogP contribution in [0.5, 0.6) is 0 Å². The van der Waals surface area contributed by atoms with E-state index in [1.54, 1.807) is 0 Å². The van der Waals surface area contributed by atoms with Gasteiger partial charge < -0.3 is 9.80 Å². The minimum absolute atomic E-state index is 0.0358. The third-order valence-electron chi connectivity index (χ3n) is 13.7. The first-order valence-corrected chi connectivity index (χ1v) is 25.3. The Balaban J connectivity index is 1.08. The molecule has 9 aromatic carbocycles. The molecule has 0 amide bonds. The fourth-order valence-corrected chi connectivity index (χ4v) is 16.1. The maximum absolute atomic E-state index is 2.65. The number of hydrogen-bond donors (Lipinski definition) is 0. The minimum Gasteiger partial charge on any atom is -0.309 e. The third-order valence-corrected chi connectivity index (χ3v) is 18.5. The number of thiophene rings is 4. The number of rotatable bonds is 4. The van der Waals surface area contributed by atoms with Gasteiger partial charge in [0.2, 0.25) is 0 Å². The van der Waals surface area contributed by atoms with Crippen molar-refractivity contribution in [1.82, 2.24) is 0 Å². The van der Waals surface area contributed by atoms with Crippen LogP contribution in [0.1, 0.15) is 0 Å². The molecule has 0 unspecified atom stereocenters. The van der Waals surface area contributed by atoms with E-state index in [2.05, 4.69) is 210 Å². The average molecular weight is 897 g/mol. The van der Waals surface area contributed by atoms with Crippen molar-refractivity contribution in [2.24, 2.45) is 0 Å². The molecule has 0 spiro atoms. The lowest BCUT2D eigenvalue weighted by Gasteiger charge is -2.42. The summed E-state index contributed by atoms with van der Waals surface area (Å²) in [5, 5.41) is 9.16. The molecule has 7 heteroatoms. The third kappa shape index (κ3) is 5.04. The highest BCUT2D eigenvalue weighted by Gasteiger charge is 2.47. The topological polar surface area (TPSA) is 6.48 Å². The predicted molar refractivity (Wildman–Crippen MR) is 288 cm³/mol. The highest BCUT2D eigenvalue weighted by molar-refractivity contribution is 7.35. The van der Waals surface area contributed by atoms with Crippen LogP contribution in [0.2, 0.25) is 0 Å². The van der Waals surface area contributed by atoms with Crippen LogP contribution >= 0.6 is 45.3 Å². The monoisotopic (exact) mass is 896 g/mol. The van der Waals surface area contributed by atoms with Gasteiger partial charge in [-0.3, -0.25) is 0 Å². The van der Waals surface area contributed by atoms with E-state index in [4.69, 9.17) is 0 Å².